The van der Waals surface area contributed by atoms with Crippen LogP contribution in [0.2, 0.25) is 0 Å². The molecule has 7 heteroatoms. The van der Waals surface area contributed by atoms with Gasteiger partial charge in [-0.2, -0.15) is 5.10 Å². The van der Waals surface area contributed by atoms with E-state index in [9.17, 15) is 0 Å². The molecule has 6 nitrogen and oxygen atoms in total. The molecule has 0 bridgehead atoms. The number of rotatable bonds is 4. The maximum Gasteiger partial charge on any atom is 0.151 e. The fourth-order valence-corrected chi connectivity index (χ4v) is 4.23. The highest BCUT2D eigenvalue weighted by molar-refractivity contribution is 6.11. The van der Waals surface area contributed by atoms with Crippen molar-refractivity contribution in [1.82, 2.24) is 20.1 Å². The molecule has 2 aliphatic rings. The lowest BCUT2D eigenvalue weighted by atomic mass is 9.88. The molecule has 0 spiro atoms. The Balaban J connectivity index is 0.00000167. The van der Waals surface area contributed by atoms with Crippen molar-refractivity contribution in [1.29, 1.82) is 0 Å². The number of hydrazone groups is 1. The van der Waals surface area contributed by atoms with Crippen LogP contribution < -0.4 is 4.90 Å². The number of allylic oxidation sites excluding steroid dienone is 3. The monoisotopic (exact) mass is 478 g/mol. The Morgan fingerprint density at radius 1 is 1.11 bits per heavy atom. The van der Waals surface area contributed by atoms with Crippen LogP contribution in [-0.2, 0) is 0 Å². The van der Waals surface area contributed by atoms with E-state index in [1.54, 1.807) is 5.01 Å². The number of aromatic nitrogens is 2. The first kappa shape index (κ1) is 26.5. The van der Waals surface area contributed by atoms with Gasteiger partial charge in [0.15, 0.2) is 5.82 Å². The van der Waals surface area contributed by atoms with Gasteiger partial charge in [0.2, 0.25) is 0 Å². The van der Waals surface area contributed by atoms with E-state index < -0.39 is 0 Å². The molecule has 35 heavy (non-hydrogen) atoms. The van der Waals surface area contributed by atoms with Gasteiger partial charge in [-0.15, -0.1) is 10.2 Å². The van der Waals surface area contributed by atoms with Crippen molar-refractivity contribution in [2.45, 2.75) is 59.9 Å². The summed E-state index contributed by atoms with van der Waals surface area (Å²) in [4.78, 5) is 4.49. The third kappa shape index (κ3) is 5.61. The van der Waals surface area contributed by atoms with Crippen LogP contribution in [0.1, 0.15) is 59.9 Å². The SMILES string of the molecule is C=C1C(C)=CC(c2cc(F)c3cc(N4CCC(C)(N(C)C)CC4)nnc3c2)=NN1C=C(C)C.CC. The summed E-state index contributed by atoms with van der Waals surface area (Å²) in [5, 5.41) is 15.7. The molecule has 0 unspecified atom stereocenters. The molecule has 3 heterocycles. The first-order valence-electron chi connectivity index (χ1n) is 12.4. The molecule has 2 aliphatic heterocycles. The molecule has 1 aromatic carbocycles. The number of halogens is 1. The summed E-state index contributed by atoms with van der Waals surface area (Å²) in [5.41, 5.74) is 4.92. The van der Waals surface area contributed by atoms with Crippen molar-refractivity contribution in [3.8, 4) is 0 Å². The number of hydrogen-bond acceptors (Lipinski definition) is 6. The summed E-state index contributed by atoms with van der Waals surface area (Å²) in [6, 6.07) is 5.21. The lowest BCUT2D eigenvalue weighted by Crippen LogP contribution is -2.50. The third-order valence-electron chi connectivity index (χ3n) is 6.86. The van der Waals surface area contributed by atoms with Crippen LogP contribution in [0.4, 0.5) is 10.2 Å². The van der Waals surface area contributed by atoms with Gasteiger partial charge in [0, 0.05) is 35.8 Å². The van der Waals surface area contributed by atoms with Crippen molar-refractivity contribution in [3.63, 3.8) is 0 Å². The van der Waals surface area contributed by atoms with Crippen LogP contribution in [0.25, 0.3) is 10.9 Å². The Morgan fingerprint density at radius 3 is 2.37 bits per heavy atom. The Hall–Kier alpha value is -3.06. The van der Waals surface area contributed by atoms with Gasteiger partial charge in [0.1, 0.15) is 5.82 Å². The van der Waals surface area contributed by atoms with Crippen LogP contribution in [0.3, 0.4) is 0 Å². The Labute approximate surface area is 209 Å². The molecule has 0 amide bonds. The lowest BCUT2D eigenvalue weighted by Gasteiger charge is -2.44. The predicted octanol–water partition coefficient (Wildman–Crippen LogP) is 6.12. The molecule has 1 saturated heterocycles. The summed E-state index contributed by atoms with van der Waals surface area (Å²) < 4.78 is 15.2. The quantitative estimate of drug-likeness (QED) is 0.530. The molecule has 2 aromatic rings. The number of benzene rings is 1. The molecule has 0 N–H and O–H groups in total. The molecule has 1 aromatic heterocycles. The molecule has 0 saturated carbocycles. The zero-order valence-corrected chi connectivity index (χ0v) is 22.5. The van der Waals surface area contributed by atoms with E-state index in [0.717, 1.165) is 48.6 Å². The fourth-order valence-electron chi connectivity index (χ4n) is 4.23. The number of fused-ring (bicyclic) bond motifs is 1. The summed E-state index contributed by atoms with van der Waals surface area (Å²) >= 11 is 0. The number of hydrogen-bond donors (Lipinski definition) is 0. The van der Waals surface area contributed by atoms with Crippen LogP contribution in [-0.4, -0.2) is 58.5 Å². The van der Waals surface area contributed by atoms with E-state index >= 15 is 4.39 Å². The first-order valence-corrected chi connectivity index (χ1v) is 12.4. The fraction of sp³-hybridized carbons (Fsp3) is 0.464. The van der Waals surface area contributed by atoms with Crippen molar-refractivity contribution in [3.05, 3.63) is 65.3 Å². The normalized spacial score (nSPS) is 17.6. The minimum absolute atomic E-state index is 0.179. The van der Waals surface area contributed by atoms with Gasteiger partial charge in [0.25, 0.3) is 0 Å². The Morgan fingerprint density at radius 2 is 1.77 bits per heavy atom. The van der Waals surface area contributed by atoms with E-state index in [1.807, 2.05) is 59.0 Å². The molecular formula is C28H39FN6. The smallest absolute Gasteiger partial charge is 0.151 e. The largest absolute Gasteiger partial charge is 0.355 e. The maximum atomic E-state index is 15.2. The summed E-state index contributed by atoms with van der Waals surface area (Å²) in [6.45, 7) is 18.1. The second kappa shape index (κ2) is 10.7. The van der Waals surface area contributed by atoms with Gasteiger partial charge in [-0.25, -0.2) is 9.40 Å². The third-order valence-corrected chi connectivity index (χ3v) is 6.86. The average Bonchev–Trinajstić information content (AvgIpc) is 2.83. The first-order chi connectivity index (χ1) is 16.6. The summed E-state index contributed by atoms with van der Waals surface area (Å²) in [5.74, 6) is 0.410. The van der Waals surface area contributed by atoms with E-state index in [2.05, 4.69) is 52.7 Å². The van der Waals surface area contributed by atoms with Crippen molar-refractivity contribution in [2.75, 3.05) is 32.1 Å². The van der Waals surface area contributed by atoms with Crippen molar-refractivity contribution >= 4 is 22.4 Å². The van der Waals surface area contributed by atoms with Gasteiger partial charge >= 0.3 is 0 Å². The summed E-state index contributed by atoms with van der Waals surface area (Å²) in [7, 11) is 4.25. The van der Waals surface area contributed by atoms with Gasteiger partial charge in [0.05, 0.1) is 16.9 Å². The lowest BCUT2D eigenvalue weighted by molar-refractivity contribution is 0.137. The zero-order valence-electron chi connectivity index (χ0n) is 22.5. The Bertz CT molecular complexity index is 1180. The number of anilines is 1. The highest BCUT2D eigenvalue weighted by Crippen LogP contribution is 2.30. The standard InChI is InChI=1S/C26H33FN6.C2H6/c1-17(2)16-33-19(4)18(3)12-23(30-33)20-13-22(27)21-15-25(29-28-24(21)14-20)32-10-8-26(5,9-11-32)31(6)7;1-2/h12-16H,4,8-11H2,1-3,5-7H3;1-2H3. The maximum absolute atomic E-state index is 15.2. The Kier molecular flexibility index (Phi) is 8.11. The number of nitrogens with zero attached hydrogens (tertiary/aromatic N) is 6. The molecular weight excluding hydrogens is 439 g/mol. The number of piperidine rings is 1. The van der Waals surface area contributed by atoms with E-state index in [1.165, 1.54) is 6.07 Å². The minimum atomic E-state index is -0.319. The van der Waals surface area contributed by atoms with Gasteiger partial charge in [-0.3, -0.25) is 0 Å². The highest BCUT2D eigenvalue weighted by atomic mass is 19.1. The second-order valence-electron chi connectivity index (χ2n) is 9.78. The topological polar surface area (TPSA) is 47.9 Å². The van der Waals surface area contributed by atoms with E-state index in [4.69, 9.17) is 0 Å². The van der Waals surface area contributed by atoms with Crippen LogP contribution >= 0.6 is 0 Å². The molecule has 0 atom stereocenters. The molecule has 1 fully saturated rings. The van der Waals surface area contributed by atoms with Crippen LogP contribution in [0, 0.1) is 5.82 Å². The second-order valence-corrected chi connectivity index (χ2v) is 9.78. The molecule has 0 aliphatic carbocycles. The molecule has 188 valence electrons. The van der Waals surface area contributed by atoms with Gasteiger partial charge in [-0.1, -0.05) is 26.0 Å². The van der Waals surface area contributed by atoms with Crippen LogP contribution in [0.5, 0.6) is 0 Å². The highest BCUT2D eigenvalue weighted by Gasteiger charge is 2.32. The van der Waals surface area contributed by atoms with Crippen molar-refractivity contribution < 1.29 is 4.39 Å². The van der Waals surface area contributed by atoms with Crippen molar-refractivity contribution in [2.24, 2.45) is 5.10 Å². The van der Waals surface area contributed by atoms with Gasteiger partial charge < -0.3 is 9.80 Å². The summed E-state index contributed by atoms with van der Waals surface area (Å²) in [6.07, 6.45) is 5.90. The van der Waals surface area contributed by atoms with E-state index in [0.29, 0.717) is 22.2 Å². The average molecular weight is 479 g/mol. The zero-order chi connectivity index (χ0) is 25.9. The van der Waals surface area contributed by atoms with Crippen LogP contribution in [0.15, 0.2) is 59.0 Å². The molecule has 4 rings (SSSR count). The predicted molar refractivity (Wildman–Crippen MR) is 145 cm³/mol. The molecule has 0 radical (unpaired) electrons. The minimum Gasteiger partial charge on any atom is -0.355 e. The van der Waals surface area contributed by atoms with Gasteiger partial charge in [-0.05, 0) is 84.5 Å². The van der Waals surface area contributed by atoms with E-state index in [-0.39, 0.29) is 11.4 Å².